The smallest absolute Gasteiger partial charge is 0.325 e. The summed E-state index contributed by atoms with van der Waals surface area (Å²) < 4.78 is 0. The first-order chi connectivity index (χ1) is 8.86. The van der Waals surface area contributed by atoms with E-state index in [2.05, 4.69) is 5.32 Å². The molecule has 0 aliphatic heterocycles. The van der Waals surface area contributed by atoms with Crippen LogP contribution in [0.1, 0.15) is 19.4 Å². The number of anilines is 1. The highest BCUT2D eigenvalue weighted by Gasteiger charge is 2.20. The minimum absolute atomic E-state index is 0.0538. The van der Waals surface area contributed by atoms with Gasteiger partial charge in [0.15, 0.2) is 0 Å². The highest BCUT2D eigenvalue weighted by Crippen LogP contribution is 2.24. The third-order valence-electron chi connectivity index (χ3n) is 2.76. The summed E-state index contributed by atoms with van der Waals surface area (Å²) >= 11 is 0. The summed E-state index contributed by atoms with van der Waals surface area (Å²) in [5.74, 6) is -1.05. The normalized spacial score (nSPS) is 11.7. The van der Waals surface area contributed by atoms with Gasteiger partial charge in [-0.1, -0.05) is 6.07 Å². The second kappa shape index (κ2) is 6.08. The first kappa shape index (κ1) is 14.8. The lowest BCUT2D eigenvalue weighted by molar-refractivity contribution is -0.138. The Morgan fingerprint density at radius 1 is 1.42 bits per heavy atom. The van der Waals surface area contributed by atoms with Crippen LogP contribution >= 0.6 is 0 Å². The van der Waals surface area contributed by atoms with Crippen LogP contribution in [0.15, 0.2) is 18.2 Å². The lowest BCUT2D eigenvalue weighted by atomic mass is 10.1. The summed E-state index contributed by atoms with van der Waals surface area (Å²) in [6.07, 6.45) is 0. The SMILES string of the molecule is CCN(C(=O)N[C@@H](C)C(=O)O)c1cc(O)ccc1C. The number of aromatic hydroxyl groups is 1. The van der Waals surface area contributed by atoms with Crippen LogP contribution in [0.5, 0.6) is 5.75 Å². The lowest BCUT2D eigenvalue weighted by Crippen LogP contribution is -2.47. The molecule has 3 N–H and O–H groups in total. The van der Waals surface area contributed by atoms with Crippen molar-refractivity contribution in [2.75, 3.05) is 11.4 Å². The van der Waals surface area contributed by atoms with Crippen LogP contribution in [0.25, 0.3) is 0 Å². The number of nitrogens with one attached hydrogen (secondary N) is 1. The number of nitrogens with zero attached hydrogens (tertiary/aromatic N) is 1. The van der Waals surface area contributed by atoms with E-state index in [4.69, 9.17) is 5.11 Å². The van der Waals surface area contributed by atoms with Crippen LogP contribution in [-0.2, 0) is 4.79 Å². The fourth-order valence-corrected chi connectivity index (χ4v) is 1.64. The summed E-state index contributed by atoms with van der Waals surface area (Å²) in [7, 11) is 0. The van der Waals surface area contributed by atoms with Gasteiger partial charge in [-0.25, -0.2) is 4.79 Å². The van der Waals surface area contributed by atoms with Crippen LogP contribution in [0.4, 0.5) is 10.5 Å². The predicted octanol–water partition coefficient (Wildman–Crippen LogP) is 1.71. The summed E-state index contributed by atoms with van der Waals surface area (Å²) in [4.78, 5) is 24.1. The van der Waals surface area contributed by atoms with E-state index < -0.39 is 18.0 Å². The van der Waals surface area contributed by atoms with E-state index in [0.717, 1.165) is 5.56 Å². The number of carbonyl (C=O) groups is 2. The molecule has 1 aromatic rings. The van der Waals surface area contributed by atoms with Crippen molar-refractivity contribution in [3.8, 4) is 5.75 Å². The van der Waals surface area contributed by atoms with Gasteiger partial charge in [-0.05, 0) is 32.4 Å². The molecule has 0 bridgehead atoms. The number of aryl methyl sites for hydroxylation is 1. The van der Waals surface area contributed by atoms with E-state index in [1.54, 1.807) is 13.0 Å². The first-order valence-corrected chi connectivity index (χ1v) is 5.97. The van der Waals surface area contributed by atoms with E-state index >= 15 is 0 Å². The summed E-state index contributed by atoms with van der Waals surface area (Å²) in [6, 6.07) is 3.22. The number of hydrogen-bond acceptors (Lipinski definition) is 3. The van der Waals surface area contributed by atoms with Crippen molar-refractivity contribution >= 4 is 17.7 Å². The lowest BCUT2D eigenvalue weighted by Gasteiger charge is -2.24. The molecule has 2 amide bonds. The summed E-state index contributed by atoms with van der Waals surface area (Å²) in [5, 5.41) is 20.6. The van der Waals surface area contributed by atoms with Gasteiger partial charge in [0.05, 0.1) is 5.69 Å². The standard InChI is InChI=1S/C13H18N2O4/c1-4-15(13(19)14-9(3)12(17)18)11-7-10(16)6-5-8(11)2/h5-7,9,16H,4H2,1-3H3,(H,14,19)(H,17,18)/t9-/m0/s1. The van der Waals surface area contributed by atoms with Crippen molar-refractivity contribution in [2.45, 2.75) is 26.8 Å². The van der Waals surface area contributed by atoms with Crippen LogP contribution in [0.2, 0.25) is 0 Å². The molecular weight excluding hydrogens is 248 g/mol. The van der Waals surface area contributed by atoms with E-state index in [1.165, 1.54) is 24.0 Å². The minimum Gasteiger partial charge on any atom is -0.508 e. The predicted molar refractivity (Wildman–Crippen MR) is 71.5 cm³/mol. The molecule has 1 aromatic carbocycles. The number of carboxylic acids is 1. The monoisotopic (exact) mass is 266 g/mol. The Hall–Kier alpha value is -2.24. The van der Waals surface area contributed by atoms with E-state index in [1.807, 2.05) is 6.92 Å². The molecule has 0 saturated heterocycles. The van der Waals surface area contributed by atoms with Gasteiger partial charge in [-0.15, -0.1) is 0 Å². The molecule has 19 heavy (non-hydrogen) atoms. The van der Waals surface area contributed by atoms with Gasteiger partial charge in [-0.3, -0.25) is 9.69 Å². The molecule has 104 valence electrons. The molecule has 6 nitrogen and oxygen atoms in total. The maximum Gasteiger partial charge on any atom is 0.325 e. The van der Waals surface area contributed by atoms with Gasteiger partial charge in [0.1, 0.15) is 11.8 Å². The van der Waals surface area contributed by atoms with Crippen molar-refractivity contribution in [3.63, 3.8) is 0 Å². The maximum atomic E-state index is 12.0. The second-order valence-electron chi connectivity index (χ2n) is 4.22. The zero-order chi connectivity index (χ0) is 14.6. The van der Waals surface area contributed by atoms with E-state index in [-0.39, 0.29) is 5.75 Å². The molecule has 0 aliphatic rings. The van der Waals surface area contributed by atoms with E-state index in [0.29, 0.717) is 12.2 Å². The Balaban J connectivity index is 2.97. The molecule has 0 spiro atoms. The fraction of sp³-hybridized carbons (Fsp3) is 0.385. The zero-order valence-corrected chi connectivity index (χ0v) is 11.2. The molecule has 0 aromatic heterocycles. The number of benzene rings is 1. The third kappa shape index (κ3) is 3.61. The number of hydrogen-bond donors (Lipinski definition) is 3. The highest BCUT2D eigenvalue weighted by molar-refractivity contribution is 5.95. The van der Waals surface area contributed by atoms with Crippen LogP contribution < -0.4 is 10.2 Å². The molecule has 0 fully saturated rings. The molecule has 0 radical (unpaired) electrons. The third-order valence-corrected chi connectivity index (χ3v) is 2.76. The number of urea groups is 1. The number of carboxylic acid groups (broad SMARTS) is 1. The highest BCUT2D eigenvalue weighted by atomic mass is 16.4. The van der Waals surface area contributed by atoms with Crippen molar-refractivity contribution < 1.29 is 19.8 Å². The fourth-order valence-electron chi connectivity index (χ4n) is 1.64. The Labute approximate surface area is 111 Å². The van der Waals surface area contributed by atoms with Crippen LogP contribution in [-0.4, -0.2) is 34.8 Å². The Morgan fingerprint density at radius 3 is 2.58 bits per heavy atom. The second-order valence-corrected chi connectivity index (χ2v) is 4.22. The quantitative estimate of drug-likeness (QED) is 0.773. The molecule has 1 atom stereocenters. The van der Waals surface area contributed by atoms with Crippen molar-refractivity contribution in [3.05, 3.63) is 23.8 Å². The average molecular weight is 266 g/mol. The average Bonchev–Trinajstić information content (AvgIpc) is 2.34. The number of carbonyl (C=O) groups excluding carboxylic acids is 1. The Morgan fingerprint density at radius 2 is 2.05 bits per heavy atom. The van der Waals surface area contributed by atoms with Gasteiger partial charge in [0.25, 0.3) is 0 Å². The van der Waals surface area contributed by atoms with E-state index in [9.17, 15) is 14.7 Å². The molecular formula is C13H18N2O4. The molecule has 0 aliphatic carbocycles. The minimum atomic E-state index is -1.10. The number of phenols is 1. The van der Waals surface area contributed by atoms with Crippen molar-refractivity contribution in [1.29, 1.82) is 0 Å². The molecule has 1 rings (SSSR count). The topological polar surface area (TPSA) is 89.9 Å². The first-order valence-electron chi connectivity index (χ1n) is 5.97. The largest absolute Gasteiger partial charge is 0.508 e. The zero-order valence-electron chi connectivity index (χ0n) is 11.2. The number of aliphatic carboxylic acids is 1. The maximum absolute atomic E-state index is 12.0. The molecule has 0 saturated carbocycles. The summed E-state index contributed by atoms with van der Waals surface area (Å²) in [5.41, 5.74) is 1.37. The van der Waals surface area contributed by atoms with Gasteiger partial charge < -0.3 is 15.5 Å². The van der Waals surface area contributed by atoms with Gasteiger partial charge in [0, 0.05) is 12.6 Å². The number of rotatable bonds is 4. The van der Waals surface area contributed by atoms with Crippen LogP contribution in [0.3, 0.4) is 0 Å². The molecule has 6 heteroatoms. The Bertz CT molecular complexity index is 488. The van der Waals surface area contributed by atoms with Crippen molar-refractivity contribution in [2.24, 2.45) is 0 Å². The van der Waals surface area contributed by atoms with Crippen molar-refractivity contribution in [1.82, 2.24) is 5.32 Å². The number of amides is 2. The van der Waals surface area contributed by atoms with Gasteiger partial charge in [0.2, 0.25) is 0 Å². The molecule has 0 heterocycles. The Kier molecular flexibility index (Phi) is 4.74. The van der Waals surface area contributed by atoms with Gasteiger partial charge >= 0.3 is 12.0 Å². The number of phenolic OH excluding ortho intramolecular Hbond substituents is 1. The molecule has 0 unspecified atom stereocenters. The summed E-state index contributed by atoms with van der Waals surface area (Å²) in [6.45, 7) is 5.34. The van der Waals surface area contributed by atoms with Gasteiger partial charge in [-0.2, -0.15) is 0 Å². The van der Waals surface area contributed by atoms with Crippen LogP contribution in [0, 0.1) is 6.92 Å².